The predicted octanol–water partition coefficient (Wildman–Crippen LogP) is 1.25. The number of likely N-dealkylation sites (tertiary alicyclic amines) is 1. The van der Waals surface area contributed by atoms with Crippen molar-refractivity contribution < 1.29 is 19.4 Å². The predicted molar refractivity (Wildman–Crippen MR) is 76.0 cm³/mol. The van der Waals surface area contributed by atoms with Crippen LogP contribution >= 0.6 is 0 Å². The van der Waals surface area contributed by atoms with Crippen LogP contribution in [0.25, 0.3) is 0 Å². The zero-order chi connectivity index (χ0) is 15.4. The molecule has 1 saturated heterocycles. The van der Waals surface area contributed by atoms with Gasteiger partial charge in [0.1, 0.15) is 5.69 Å². The average Bonchev–Trinajstić information content (AvgIpc) is 2.84. The van der Waals surface area contributed by atoms with Crippen molar-refractivity contribution in [1.82, 2.24) is 9.88 Å². The maximum Gasteiger partial charge on any atom is 0.411 e. The van der Waals surface area contributed by atoms with E-state index in [9.17, 15) is 14.7 Å². The van der Waals surface area contributed by atoms with Crippen molar-refractivity contribution in [2.45, 2.75) is 32.5 Å². The van der Waals surface area contributed by atoms with Crippen LogP contribution < -0.4 is 5.32 Å². The van der Waals surface area contributed by atoms with Crippen LogP contribution in [0.4, 0.5) is 10.5 Å². The summed E-state index contributed by atoms with van der Waals surface area (Å²) in [6.07, 6.45) is 0.767. The molecule has 0 radical (unpaired) electrons. The lowest BCUT2D eigenvalue weighted by Crippen LogP contribution is -2.30. The molecular formula is C14H19N3O4. The number of hydrogen-bond donors (Lipinski definition) is 2. The Morgan fingerprint density at radius 2 is 2.24 bits per heavy atom. The first-order chi connectivity index (χ1) is 9.95. The summed E-state index contributed by atoms with van der Waals surface area (Å²) in [5.74, 6) is -0.220. The third-order valence-corrected chi connectivity index (χ3v) is 3.02. The molecule has 1 aromatic rings. The lowest BCUT2D eigenvalue weighted by Gasteiger charge is -2.15. The number of amides is 2. The van der Waals surface area contributed by atoms with Crippen molar-refractivity contribution in [3.8, 4) is 0 Å². The van der Waals surface area contributed by atoms with Crippen molar-refractivity contribution in [3.63, 3.8) is 0 Å². The first-order valence-electron chi connectivity index (χ1n) is 6.86. The highest BCUT2D eigenvalue weighted by atomic mass is 16.6. The molecule has 1 fully saturated rings. The standard InChI is InChI=1S/C14H19N3O4/c1-9(2)21-14(20)16-10-3-4-12(15-7-10)13(19)17-6-5-11(18)8-17/h3-4,7,9,11,18H,5-6,8H2,1-2H3,(H,16,20)/t11-/m0/s1. The van der Waals surface area contributed by atoms with Gasteiger partial charge >= 0.3 is 6.09 Å². The van der Waals surface area contributed by atoms with Crippen LogP contribution in [0.1, 0.15) is 30.8 Å². The molecule has 1 aliphatic heterocycles. The van der Waals surface area contributed by atoms with Crippen LogP contribution in [0.5, 0.6) is 0 Å². The number of hydrogen-bond acceptors (Lipinski definition) is 5. The Labute approximate surface area is 122 Å². The lowest BCUT2D eigenvalue weighted by atomic mass is 10.3. The van der Waals surface area contributed by atoms with E-state index in [0.717, 1.165) is 0 Å². The van der Waals surface area contributed by atoms with Gasteiger partial charge in [-0.3, -0.25) is 10.1 Å². The van der Waals surface area contributed by atoms with Crippen LogP contribution in [-0.4, -0.2) is 52.3 Å². The number of rotatable bonds is 3. The van der Waals surface area contributed by atoms with E-state index < -0.39 is 12.2 Å². The van der Waals surface area contributed by atoms with Gasteiger partial charge in [-0.25, -0.2) is 9.78 Å². The summed E-state index contributed by atoms with van der Waals surface area (Å²) in [6.45, 7) is 4.37. The Balaban J connectivity index is 1.95. The van der Waals surface area contributed by atoms with Gasteiger partial charge in [0, 0.05) is 13.1 Å². The molecule has 2 N–H and O–H groups in total. The van der Waals surface area contributed by atoms with Gasteiger partial charge in [0.2, 0.25) is 0 Å². The quantitative estimate of drug-likeness (QED) is 0.875. The van der Waals surface area contributed by atoms with E-state index in [1.54, 1.807) is 24.8 Å². The molecule has 1 aromatic heterocycles. The summed E-state index contributed by atoms with van der Waals surface area (Å²) < 4.78 is 4.94. The van der Waals surface area contributed by atoms with Gasteiger partial charge in [-0.1, -0.05) is 0 Å². The second-order valence-electron chi connectivity index (χ2n) is 5.20. The number of ether oxygens (including phenoxy) is 1. The molecule has 21 heavy (non-hydrogen) atoms. The summed E-state index contributed by atoms with van der Waals surface area (Å²) in [5, 5.41) is 12.0. The molecule has 1 atom stereocenters. The van der Waals surface area contributed by atoms with Crippen LogP contribution in [0.15, 0.2) is 18.3 Å². The third-order valence-electron chi connectivity index (χ3n) is 3.02. The normalized spacial score (nSPS) is 17.9. The lowest BCUT2D eigenvalue weighted by molar-refractivity contribution is 0.0759. The van der Waals surface area contributed by atoms with E-state index >= 15 is 0 Å². The van der Waals surface area contributed by atoms with Crippen molar-refractivity contribution in [2.75, 3.05) is 18.4 Å². The number of β-amino-alcohol motifs (C(OH)–C–C–N with tert-alkyl or cyclic N) is 1. The second-order valence-corrected chi connectivity index (χ2v) is 5.20. The van der Waals surface area contributed by atoms with Crippen LogP contribution in [0, 0.1) is 0 Å². The monoisotopic (exact) mass is 293 g/mol. The minimum atomic E-state index is -0.562. The molecule has 0 saturated carbocycles. The van der Waals surface area contributed by atoms with Crippen LogP contribution in [0.2, 0.25) is 0 Å². The maximum atomic E-state index is 12.1. The summed E-state index contributed by atoms with van der Waals surface area (Å²) in [7, 11) is 0. The molecule has 1 aliphatic rings. The highest BCUT2D eigenvalue weighted by molar-refractivity contribution is 5.93. The minimum absolute atomic E-state index is 0.208. The Kier molecular flexibility index (Phi) is 4.74. The first-order valence-corrected chi connectivity index (χ1v) is 6.86. The molecule has 114 valence electrons. The number of aliphatic hydroxyl groups is 1. The molecule has 7 nitrogen and oxygen atoms in total. The van der Waals surface area contributed by atoms with Gasteiger partial charge in [0.15, 0.2) is 0 Å². The number of carbonyl (C=O) groups excluding carboxylic acids is 2. The minimum Gasteiger partial charge on any atom is -0.447 e. The number of anilines is 1. The van der Waals surface area contributed by atoms with Gasteiger partial charge in [0.25, 0.3) is 5.91 Å². The molecule has 2 heterocycles. The van der Waals surface area contributed by atoms with Crippen LogP contribution in [0.3, 0.4) is 0 Å². The fourth-order valence-corrected chi connectivity index (χ4v) is 2.04. The Hall–Kier alpha value is -2.15. The van der Waals surface area contributed by atoms with Gasteiger partial charge in [-0.05, 0) is 32.4 Å². The molecule has 0 bridgehead atoms. The number of nitrogens with zero attached hydrogens (tertiary/aromatic N) is 2. The molecular weight excluding hydrogens is 274 g/mol. The molecule has 7 heteroatoms. The first kappa shape index (κ1) is 15.2. The zero-order valence-electron chi connectivity index (χ0n) is 12.1. The molecule has 2 rings (SSSR count). The molecule has 0 unspecified atom stereocenters. The number of nitrogens with one attached hydrogen (secondary N) is 1. The van der Waals surface area contributed by atoms with Crippen molar-refractivity contribution in [2.24, 2.45) is 0 Å². The van der Waals surface area contributed by atoms with E-state index in [1.807, 2.05) is 0 Å². The molecule has 2 amide bonds. The highest BCUT2D eigenvalue weighted by Gasteiger charge is 2.26. The fourth-order valence-electron chi connectivity index (χ4n) is 2.04. The number of aliphatic hydroxyl groups excluding tert-OH is 1. The maximum absolute atomic E-state index is 12.1. The van der Waals surface area contributed by atoms with Gasteiger partial charge in [0.05, 0.1) is 24.1 Å². The van der Waals surface area contributed by atoms with Crippen molar-refractivity contribution >= 4 is 17.7 Å². The van der Waals surface area contributed by atoms with E-state index in [0.29, 0.717) is 25.2 Å². The van der Waals surface area contributed by atoms with Crippen molar-refractivity contribution in [3.05, 3.63) is 24.0 Å². The number of pyridine rings is 1. The van der Waals surface area contributed by atoms with E-state index in [2.05, 4.69) is 10.3 Å². The van der Waals surface area contributed by atoms with E-state index in [1.165, 1.54) is 12.3 Å². The number of carbonyl (C=O) groups is 2. The fraction of sp³-hybridized carbons (Fsp3) is 0.500. The number of aromatic nitrogens is 1. The summed E-state index contributed by atoms with van der Waals surface area (Å²) in [4.78, 5) is 29.1. The summed E-state index contributed by atoms with van der Waals surface area (Å²) in [6, 6.07) is 3.13. The average molecular weight is 293 g/mol. The molecule has 0 aliphatic carbocycles. The van der Waals surface area contributed by atoms with Crippen LogP contribution in [-0.2, 0) is 4.74 Å². The smallest absolute Gasteiger partial charge is 0.411 e. The van der Waals surface area contributed by atoms with Gasteiger partial charge < -0.3 is 14.7 Å². The Morgan fingerprint density at radius 1 is 1.48 bits per heavy atom. The molecule has 0 spiro atoms. The highest BCUT2D eigenvalue weighted by Crippen LogP contribution is 2.14. The van der Waals surface area contributed by atoms with Gasteiger partial charge in [-0.15, -0.1) is 0 Å². The van der Waals surface area contributed by atoms with E-state index in [4.69, 9.17) is 4.74 Å². The SMILES string of the molecule is CC(C)OC(=O)Nc1ccc(C(=O)N2CC[C@H](O)C2)nc1. The topological polar surface area (TPSA) is 91.8 Å². The summed E-state index contributed by atoms with van der Waals surface area (Å²) in [5.41, 5.74) is 0.741. The van der Waals surface area contributed by atoms with Gasteiger partial charge in [-0.2, -0.15) is 0 Å². The largest absolute Gasteiger partial charge is 0.447 e. The Morgan fingerprint density at radius 3 is 2.76 bits per heavy atom. The zero-order valence-corrected chi connectivity index (χ0v) is 12.1. The third kappa shape index (κ3) is 4.16. The summed E-state index contributed by atoms with van der Waals surface area (Å²) >= 11 is 0. The van der Waals surface area contributed by atoms with Crippen molar-refractivity contribution in [1.29, 1.82) is 0 Å². The molecule has 0 aromatic carbocycles. The van der Waals surface area contributed by atoms with E-state index in [-0.39, 0.29) is 17.7 Å². The Bertz CT molecular complexity index is 515. The second kappa shape index (κ2) is 6.53.